The van der Waals surface area contributed by atoms with E-state index in [0.29, 0.717) is 16.7 Å². The molecular formula is C14H10ClNO2. The minimum Gasteiger partial charge on any atom is -0.506 e. The number of hydrogen-bond acceptors (Lipinski definition) is 3. The van der Waals surface area contributed by atoms with Gasteiger partial charge in [0.15, 0.2) is 0 Å². The predicted octanol–water partition coefficient (Wildman–Crippen LogP) is 3.00. The Morgan fingerprint density at radius 1 is 1.06 bits per heavy atom. The molecule has 0 saturated carbocycles. The van der Waals surface area contributed by atoms with Crippen molar-refractivity contribution in [3.05, 3.63) is 64.2 Å². The van der Waals surface area contributed by atoms with E-state index >= 15 is 0 Å². The zero-order valence-electron chi connectivity index (χ0n) is 9.34. The molecule has 0 unspecified atom stereocenters. The van der Waals surface area contributed by atoms with Gasteiger partial charge in [0.05, 0.1) is 16.7 Å². The van der Waals surface area contributed by atoms with Crippen molar-refractivity contribution < 1.29 is 10.2 Å². The highest BCUT2D eigenvalue weighted by Gasteiger charge is 2.12. The maximum atomic E-state index is 10.1. The Bertz CT molecular complexity index is 602. The molecule has 0 radical (unpaired) electrons. The Morgan fingerprint density at radius 2 is 1.67 bits per heavy atom. The number of phenolic OH excluding ortho intramolecular Hbond substituents is 1. The molecule has 18 heavy (non-hydrogen) atoms. The number of phenols is 1. The lowest BCUT2D eigenvalue weighted by molar-refractivity contribution is 0.220. The molecule has 0 amide bonds. The maximum absolute atomic E-state index is 10.1. The molecule has 3 nitrogen and oxygen atoms in total. The van der Waals surface area contributed by atoms with E-state index in [9.17, 15) is 10.2 Å². The fourth-order valence-electron chi connectivity index (χ4n) is 1.63. The van der Waals surface area contributed by atoms with Crippen molar-refractivity contribution in [3.8, 4) is 11.8 Å². The van der Waals surface area contributed by atoms with Crippen molar-refractivity contribution >= 4 is 11.6 Å². The fraction of sp³-hybridized carbons (Fsp3) is 0.0714. The van der Waals surface area contributed by atoms with Crippen LogP contribution in [-0.4, -0.2) is 10.2 Å². The second-order valence-corrected chi connectivity index (χ2v) is 4.25. The van der Waals surface area contributed by atoms with Crippen LogP contribution < -0.4 is 0 Å². The number of hydrogen-bond donors (Lipinski definition) is 2. The summed E-state index contributed by atoms with van der Waals surface area (Å²) in [5, 5.41) is 28.4. The number of nitriles is 1. The molecule has 0 heterocycles. The monoisotopic (exact) mass is 259 g/mol. The number of aliphatic hydroxyl groups is 1. The van der Waals surface area contributed by atoms with Crippen molar-refractivity contribution in [2.45, 2.75) is 6.10 Å². The Balaban J connectivity index is 2.32. The van der Waals surface area contributed by atoms with Crippen molar-refractivity contribution in [2.75, 3.05) is 0 Å². The molecule has 0 spiro atoms. The quantitative estimate of drug-likeness (QED) is 0.871. The SMILES string of the molecule is N#Cc1ccc([C@H](O)c2ccc(O)c(Cl)c2)cc1. The minimum absolute atomic E-state index is 0.0209. The fourth-order valence-corrected chi connectivity index (χ4v) is 1.81. The van der Waals surface area contributed by atoms with E-state index < -0.39 is 6.10 Å². The zero-order valence-corrected chi connectivity index (χ0v) is 10.1. The van der Waals surface area contributed by atoms with Crippen LogP contribution in [0.3, 0.4) is 0 Å². The van der Waals surface area contributed by atoms with Crippen LogP contribution in [-0.2, 0) is 0 Å². The summed E-state index contributed by atoms with van der Waals surface area (Å²) < 4.78 is 0. The summed E-state index contributed by atoms with van der Waals surface area (Å²) in [6.07, 6.45) is -0.837. The molecular weight excluding hydrogens is 250 g/mol. The predicted molar refractivity (Wildman–Crippen MR) is 68.3 cm³/mol. The van der Waals surface area contributed by atoms with E-state index in [0.717, 1.165) is 0 Å². The normalized spacial score (nSPS) is 11.8. The van der Waals surface area contributed by atoms with Gasteiger partial charge >= 0.3 is 0 Å². The van der Waals surface area contributed by atoms with Gasteiger partial charge in [-0.2, -0.15) is 5.26 Å². The van der Waals surface area contributed by atoms with Crippen LogP contribution in [0.15, 0.2) is 42.5 Å². The zero-order chi connectivity index (χ0) is 13.1. The van der Waals surface area contributed by atoms with Crippen molar-refractivity contribution in [1.29, 1.82) is 5.26 Å². The molecule has 90 valence electrons. The molecule has 0 saturated heterocycles. The van der Waals surface area contributed by atoms with Crippen LogP contribution in [0.1, 0.15) is 22.8 Å². The van der Waals surface area contributed by atoms with Gasteiger partial charge in [-0.1, -0.05) is 29.8 Å². The highest BCUT2D eigenvalue weighted by molar-refractivity contribution is 6.32. The largest absolute Gasteiger partial charge is 0.506 e. The Labute approximate surface area is 110 Å². The molecule has 4 heteroatoms. The highest BCUT2D eigenvalue weighted by Crippen LogP contribution is 2.29. The lowest BCUT2D eigenvalue weighted by Gasteiger charge is -2.12. The van der Waals surface area contributed by atoms with Crippen LogP contribution >= 0.6 is 11.6 Å². The van der Waals surface area contributed by atoms with Gasteiger partial charge < -0.3 is 10.2 Å². The second kappa shape index (κ2) is 5.09. The molecule has 1 atom stereocenters. The maximum Gasteiger partial charge on any atom is 0.134 e. The number of aromatic hydroxyl groups is 1. The Hall–Kier alpha value is -2.02. The number of halogens is 1. The van der Waals surface area contributed by atoms with Gasteiger partial charge in [0, 0.05) is 0 Å². The molecule has 0 aliphatic rings. The highest BCUT2D eigenvalue weighted by atomic mass is 35.5. The molecule has 0 aromatic heterocycles. The molecule has 0 aliphatic heterocycles. The standard InChI is InChI=1S/C14H10ClNO2/c15-12-7-11(5-6-13(12)17)14(18)10-3-1-9(8-16)2-4-10/h1-7,14,17-18H/t14-/m0/s1. The van der Waals surface area contributed by atoms with Gasteiger partial charge in [-0.15, -0.1) is 0 Å². The summed E-state index contributed by atoms with van der Waals surface area (Å²) in [5.41, 5.74) is 1.79. The molecule has 2 aromatic rings. The van der Waals surface area contributed by atoms with Crippen LogP contribution in [0.4, 0.5) is 0 Å². The average molecular weight is 260 g/mol. The smallest absolute Gasteiger partial charge is 0.134 e. The van der Waals surface area contributed by atoms with Crippen molar-refractivity contribution in [1.82, 2.24) is 0 Å². The third-order valence-corrected chi connectivity index (χ3v) is 2.95. The van der Waals surface area contributed by atoms with E-state index in [1.165, 1.54) is 12.1 Å². The molecule has 2 rings (SSSR count). The summed E-state index contributed by atoms with van der Waals surface area (Å²) in [6, 6.07) is 13.2. The van der Waals surface area contributed by atoms with E-state index in [1.807, 2.05) is 6.07 Å². The van der Waals surface area contributed by atoms with Gasteiger partial charge in [0.2, 0.25) is 0 Å². The topological polar surface area (TPSA) is 64.2 Å². The molecule has 2 aromatic carbocycles. The van der Waals surface area contributed by atoms with Gasteiger partial charge in [0.25, 0.3) is 0 Å². The van der Waals surface area contributed by atoms with Crippen molar-refractivity contribution in [3.63, 3.8) is 0 Å². The second-order valence-electron chi connectivity index (χ2n) is 3.85. The third-order valence-electron chi connectivity index (χ3n) is 2.64. The summed E-state index contributed by atoms with van der Waals surface area (Å²) in [7, 11) is 0. The van der Waals surface area contributed by atoms with Gasteiger partial charge in [-0.05, 0) is 35.4 Å². The first-order valence-corrected chi connectivity index (χ1v) is 5.66. The van der Waals surface area contributed by atoms with Gasteiger partial charge in [-0.25, -0.2) is 0 Å². The van der Waals surface area contributed by atoms with Crippen LogP contribution in [0.25, 0.3) is 0 Å². The summed E-state index contributed by atoms with van der Waals surface area (Å²) in [6.45, 7) is 0. The van der Waals surface area contributed by atoms with E-state index in [4.69, 9.17) is 16.9 Å². The molecule has 0 fully saturated rings. The third kappa shape index (κ3) is 2.45. The van der Waals surface area contributed by atoms with E-state index in [-0.39, 0.29) is 10.8 Å². The Kier molecular flexibility index (Phi) is 3.52. The van der Waals surface area contributed by atoms with Crippen LogP contribution in [0.5, 0.6) is 5.75 Å². The van der Waals surface area contributed by atoms with Gasteiger partial charge in [-0.3, -0.25) is 0 Å². The van der Waals surface area contributed by atoms with E-state index in [2.05, 4.69) is 0 Å². The lowest BCUT2D eigenvalue weighted by atomic mass is 10.0. The first-order valence-electron chi connectivity index (χ1n) is 5.28. The minimum atomic E-state index is -0.837. The van der Waals surface area contributed by atoms with Crippen LogP contribution in [0.2, 0.25) is 5.02 Å². The first kappa shape index (κ1) is 12.4. The van der Waals surface area contributed by atoms with Crippen LogP contribution in [0, 0.1) is 11.3 Å². The summed E-state index contributed by atoms with van der Waals surface area (Å²) >= 11 is 5.79. The number of nitrogens with zero attached hydrogens (tertiary/aromatic N) is 1. The molecule has 0 bridgehead atoms. The summed E-state index contributed by atoms with van der Waals surface area (Å²) in [5.74, 6) is -0.0209. The summed E-state index contributed by atoms with van der Waals surface area (Å²) in [4.78, 5) is 0. The number of benzene rings is 2. The Morgan fingerprint density at radius 3 is 2.22 bits per heavy atom. The average Bonchev–Trinajstić information content (AvgIpc) is 2.41. The van der Waals surface area contributed by atoms with Crippen molar-refractivity contribution in [2.24, 2.45) is 0 Å². The molecule has 2 N–H and O–H groups in total. The van der Waals surface area contributed by atoms with Gasteiger partial charge in [0.1, 0.15) is 11.9 Å². The van der Waals surface area contributed by atoms with E-state index in [1.54, 1.807) is 30.3 Å². The first-order chi connectivity index (χ1) is 8.61. The number of aliphatic hydroxyl groups excluding tert-OH is 1. The molecule has 0 aliphatic carbocycles. The lowest BCUT2D eigenvalue weighted by Crippen LogP contribution is -1.99. The number of rotatable bonds is 2.